The highest BCUT2D eigenvalue weighted by Gasteiger charge is 2.20. The number of H-pyrrole nitrogens is 1. The molecule has 3 aromatic rings. The van der Waals surface area contributed by atoms with E-state index in [0.717, 1.165) is 27.0 Å². The molecule has 23 heavy (non-hydrogen) atoms. The molecule has 0 atom stereocenters. The predicted octanol–water partition coefficient (Wildman–Crippen LogP) is 4.23. The first kappa shape index (κ1) is 15.6. The molecule has 0 radical (unpaired) electrons. The second kappa shape index (κ2) is 5.70. The molecular formula is C17H16FN3OS. The van der Waals surface area contributed by atoms with Gasteiger partial charge >= 0.3 is 0 Å². The second-order valence-corrected chi connectivity index (χ2v) is 6.01. The van der Waals surface area contributed by atoms with Gasteiger partial charge in [0.25, 0.3) is 0 Å². The minimum Gasteiger partial charge on any atom is -0.322 e. The Labute approximate surface area is 138 Å². The van der Waals surface area contributed by atoms with E-state index >= 15 is 0 Å². The van der Waals surface area contributed by atoms with Gasteiger partial charge in [-0.25, -0.2) is 4.39 Å². The molecule has 3 rings (SSSR count). The molecule has 118 valence electrons. The van der Waals surface area contributed by atoms with Crippen LogP contribution < -0.4 is 5.32 Å². The number of carbonyl (C=O) groups is 1. The maximum Gasteiger partial charge on any atom is 0.221 e. The van der Waals surface area contributed by atoms with Crippen LogP contribution >= 0.6 is 12.6 Å². The van der Waals surface area contributed by atoms with E-state index in [2.05, 4.69) is 28.1 Å². The van der Waals surface area contributed by atoms with Gasteiger partial charge in [0.1, 0.15) is 5.69 Å². The SMILES string of the molecule is CC(=O)Nc1c(F)c(C)c(-c2ccc(C)c(S)c2)c2cn[nH]c12. The normalized spacial score (nSPS) is 11.0. The lowest BCUT2D eigenvalue weighted by molar-refractivity contribution is -0.114. The van der Waals surface area contributed by atoms with Crippen LogP contribution in [0.4, 0.5) is 10.1 Å². The molecule has 0 unspecified atom stereocenters. The molecular weight excluding hydrogens is 313 g/mol. The van der Waals surface area contributed by atoms with Gasteiger partial charge in [-0.3, -0.25) is 9.89 Å². The van der Waals surface area contributed by atoms with E-state index in [0.29, 0.717) is 11.1 Å². The van der Waals surface area contributed by atoms with Gasteiger partial charge in [-0.2, -0.15) is 5.10 Å². The van der Waals surface area contributed by atoms with E-state index in [1.165, 1.54) is 6.92 Å². The second-order valence-electron chi connectivity index (χ2n) is 5.53. The summed E-state index contributed by atoms with van der Waals surface area (Å²) in [6.07, 6.45) is 1.64. The average molecular weight is 329 g/mol. The predicted molar refractivity (Wildman–Crippen MR) is 92.5 cm³/mol. The highest BCUT2D eigenvalue weighted by atomic mass is 32.1. The molecule has 0 aliphatic rings. The Hall–Kier alpha value is -2.34. The zero-order valence-corrected chi connectivity index (χ0v) is 13.9. The van der Waals surface area contributed by atoms with Crippen molar-refractivity contribution in [3.8, 4) is 11.1 Å². The van der Waals surface area contributed by atoms with Crippen LogP contribution in [-0.2, 0) is 4.79 Å². The van der Waals surface area contributed by atoms with Crippen molar-refractivity contribution in [1.29, 1.82) is 0 Å². The fourth-order valence-electron chi connectivity index (χ4n) is 2.71. The van der Waals surface area contributed by atoms with Crippen molar-refractivity contribution < 1.29 is 9.18 Å². The maximum absolute atomic E-state index is 14.8. The Kier molecular flexibility index (Phi) is 3.85. The smallest absolute Gasteiger partial charge is 0.221 e. The summed E-state index contributed by atoms with van der Waals surface area (Å²) in [5.41, 5.74) is 3.71. The zero-order valence-electron chi connectivity index (χ0n) is 13.0. The van der Waals surface area contributed by atoms with Crippen LogP contribution in [0.3, 0.4) is 0 Å². The van der Waals surface area contributed by atoms with Gasteiger partial charge in [-0.05, 0) is 42.2 Å². The molecule has 0 fully saturated rings. The van der Waals surface area contributed by atoms with Crippen molar-refractivity contribution in [3.63, 3.8) is 0 Å². The number of hydrogen-bond donors (Lipinski definition) is 3. The highest BCUT2D eigenvalue weighted by molar-refractivity contribution is 7.80. The molecule has 1 aromatic heterocycles. The van der Waals surface area contributed by atoms with E-state index in [1.807, 2.05) is 25.1 Å². The number of hydrogen-bond acceptors (Lipinski definition) is 3. The summed E-state index contributed by atoms with van der Waals surface area (Å²) in [5, 5.41) is 10.1. The molecule has 0 bridgehead atoms. The van der Waals surface area contributed by atoms with Crippen molar-refractivity contribution >= 4 is 35.1 Å². The monoisotopic (exact) mass is 329 g/mol. The van der Waals surface area contributed by atoms with Gasteiger partial charge in [0.15, 0.2) is 5.82 Å². The topological polar surface area (TPSA) is 57.8 Å². The van der Waals surface area contributed by atoms with E-state index < -0.39 is 5.82 Å². The summed E-state index contributed by atoms with van der Waals surface area (Å²) in [6, 6.07) is 5.79. The third kappa shape index (κ3) is 2.59. The lowest BCUT2D eigenvalue weighted by Gasteiger charge is -2.14. The van der Waals surface area contributed by atoms with Gasteiger partial charge in [-0.15, -0.1) is 12.6 Å². The molecule has 4 nitrogen and oxygen atoms in total. The number of carbonyl (C=O) groups excluding carboxylic acids is 1. The molecule has 1 heterocycles. The lowest BCUT2D eigenvalue weighted by Crippen LogP contribution is -2.09. The van der Waals surface area contributed by atoms with Gasteiger partial charge in [0.05, 0.1) is 11.7 Å². The third-order valence-electron chi connectivity index (χ3n) is 3.88. The molecule has 2 aromatic carbocycles. The van der Waals surface area contributed by atoms with Crippen molar-refractivity contribution in [1.82, 2.24) is 10.2 Å². The van der Waals surface area contributed by atoms with Gasteiger partial charge in [-0.1, -0.05) is 12.1 Å². The molecule has 0 aliphatic carbocycles. The van der Waals surface area contributed by atoms with Gasteiger partial charge in [0, 0.05) is 17.2 Å². The quantitative estimate of drug-likeness (QED) is 0.616. The van der Waals surface area contributed by atoms with Gasteiger partial charge < -0.3 is 5.32 Å². The fraction of sp³-hybridized carbons (Fsp3) is 0.176. The molecule has 1 amide bonds. The molecule has 2 N–H and O–H groups in total. The van der Waals surface area contributed by atoms with Crippen LogP contribution in [0, 0.1) is 19.7 Å². The standard InChI is InChI=1S/C17H16FN3OS/c1-8-4-5-11(6-13(8)23)14-9(2)15(18)17(20-10(3)22)16-12(14)7-19-21-16/h4-7,23H,1-3H3,(H,19,21)(H,20,22). The maximum atomic E-state index is 14.8. The van der Waals surface area contributed by atoms with Crippen LogP contribution in [0.2, 0.25) is 0 Å². The number of aromatic amines is 1. The Balaban J connectivity index is 2.34. The number of nitrogens with zero attached hydrogens (tertiary/aromatic N) is 1. The summed E-state index contributed by atoms with van der Waals surface area (Å²) in [4.78, 5) is 12.2. The van der Waals surface area contributed by atoms with Gasteiger partial charge in [0.2, 0.25) is 5.91 Å². The number of aryl methyl sites for hydroxylation is 1. The summed E-state index contributed by atoms with van der Waals surface area (Å²) in [6.45, 7) is 5.01. The number of benzene rings is 2. The lowest BCUT2D eigenvalue weighted by atomic mass is 9.95. The van der Waals surface area contributed by atoms with Crippen LogP contribution in [0.25, 0.3) is 22.0 Å². The Morgan fingerprint density at radius 3 is 2.74 bits per heavy atom. The number of nitrogens with one attached hydrogen (secondary N) is 2. The van der Waals surface area contributed by atoms with Crippen LogP contribution in [0.1, 0.15) is 18.1 Å². The minimum absolute atomic E-state index is 0.129. The summed E-state index contributed by atoms with van der Waals surface area (Å²) in [7, 11) is 0. The Bertz CT molecular complexity index is 933. The van der Waals surface area contributed by atoms with E-state index in [1.54, 1.807) is 13.1 Å². The first-order chi connectivity index (χ1) is 10.9. The van der Waals surface area contributed by atoms with Crippen LogP contribution in [0.15, 0.2) is 29.3 Å². The number of anilines is 1. The summed E-state index contributed by atoms with van der Waals surface area (Å²) >= 11 is 4.45. The van der Waals surface area contributed by atoms with Crippen molar-refractivity contribution in [2.45, 2.75) is 25.7 Å². The average Bonchev–Trinajstić information content (AvgIpc) is 2.96. The van der Waals surface area contributed by atoms with Crippen LogP contribution in [-0.4, -0.2) is 16.1 Å². The van der Waals surface area contributed by atoms with E-state index in [-0.39, 0.29) is 11.6 Å². The zero-order chi connectivity index (χ0) is 16.7. The van der Waals surface area contributed by atoms with E-state index in [4.69, 9.17) is 0 Å². The van der Waals surface area contributed by atoms with Crippen molar-refractivity contribution in [3.05, 3.63) is 41.3 Å². The Morgan fingerprint density at radius 2 is 2.09 bits per heavy atom. The summed E-state index contributed by atoms with van der Waals surface area (Å²) < 4.78 is 14.8. The molecule has 0 saturated carbocycles. The molecule has 0 saturated heterocycles. The largest absolute Gasteiger partial charge is 0.322 e. The Morgan fingerprint density at radius 1 is 1.35 bits per heavy atom. The van der Waals surface area contributed by atoms with Crippen LogP contribution in [0.5, 0.6) is 0 Å². The number of aromatic nitrogens is 2. The number of amides is 1. The number of fused-ring (bicyclic) bond motifs is 1. The molecule has 0 aliphatic heterocycles. The number of thiol groups is 1. The molecule has 6 heteroatoms. The highest BCUT2D eigenvalue weighted by Crippen LogP contribution is 2.38. The van der Waals surface area contributed by atoms with Crippen molar-refractivity contribution in [2.75, 3.05) is 5.32 Å². The molecule has 0 spiro atoms. The minimum atomic E-state index is -0.465. The number of rotatable bonds is 2. The van der Waals surface area contributed by atoms with Crippen molar-refractivity contribution in [2.24, 2.45) is 0 Å². The fourth-order valence-corrected chi connectivity index (χ4v) is 2.92. The first-order valence-corrected chi connectivity index (χ1v) is 7.57. The van der Waals surface area contributed by atoms with E-state index in [9.17, 15) is 9.18 Å². The first-order valence-electron chi connectivity index (χ1n) is 7.13. The summed E-state index contributed by atoms with van der Waals surface area (Å²) in [5.74, 6) is -0.798. The number of halogens is 1. The third-order valence-corrected chi connectivity index (χ3v) is 4.36.